The molecule has 2 rings (SSSR count). The van der Waals surface area contributed by atoms with Gasteiger partial charge in [-0.05, 0) is 52.7 Å². The average molecular weight is 371 g/mol. The molecule has 2 N–H and O–H groups in total. The summed E-state index contributed by atoms with van der Waals surface area (Å²) in [6.07, 6.45) is 0. The second-order valence-corrected chi connectivity index (χ2v) is 5.89. The normalized spacial score (nSPS) is 10.4. The van der Waals surface area contributed by atoms with Crippen LogP contribution in [0.4, 0.5) is 5.69 Å². The Bertz CT molecular complexity index is 570. The SMILES string of the molecule is Cc1cccc(NCc2cc(Br)cc(Br)c2O)c1. The summed E-state index contributed by atoms with van der Waals surface area (Å²) in [5, 5.41) is 13.2. The van der Waals surface area contributed by atoms with Gasteiger partial charge in [-0.25, -0.2) is 0 Å². The summed E-state index contributed by atoms with van der Waals surface area (Å²) < 4.78 is 1.63. The van der Waals surface area contributed by atoms with E-state index in [0.717, 1.165) is 15.7 Å². The molecule has 0 aliphatic rings. The number of hydrogen-bond donors (Lipinski definition) is 2. The summed E-state index contributed by atoms with van der Waals surface area (Å²) in [5.41, 5.74) is 3.10. The summed E-state index contributed by atoms with van der Waals surface area (Å²) in [4.78, 5) is 0. The number of aryl methyl sites for hydroxylation is 1. The highest BCUT2D eigenvalue weighted by molar-refractivity contribution is 9.11. The molecular weight excluding hydrogens is 358 g/mol. The number of nitrogens with one attached hydrogen (secondary N) is 1. The monoisotopic (exact) mass is 369 g/mol. The number of benzene rings is 2. The molecule has 0 aliphatic carbocycles. The smallest absolute Gasteiger partial charge is 0.134 e. The number of halogens is 2. The first-order valence-corrected chi connectivity index (χ1v) is 7.12. The van der Waals surface area contributed by atoms with E-state index >= 15 is 0 Å². The third kappa shape index (κ3) is 3.27. The maximum absolute atomic E-state index is 9.95. The topological polar surface area (TPSA) is 32.3 Å². The largest absolute Gasteiger partial charge is 0.506 e. The Morgan fingerprint density at radius 1 is 1.17 bits per heavy atom. The van der Waals surface area contributed by atoms with Crippen molar-refractivity contribution in [1.82, 2.24) is 0 Å². The molecule has 0 heterocycles. The number of rotatable bonds is 3. The van der Waals surface area contributed by atoms with Crippen molar-refractivity contribution >= 4 is 37.5 Å². The van der Waals surface area contributed by atoms with Gasteiger partial charge >= 0.3 is 0 Å². The van der Waals surface area contributed by atoms with Crippen LogP contribution in [0.1, 0.15) is 11.1 Å². The quantitative estimate of drug-likeness (QED) is 0.810. The number of aromatic hydroxyl groups is 1. The lowest BCUT2D eigenvalue weighted by Gasteiger charge is -2.10. The molecule has 0 unspecified atom stereocenters. The van der Waals surface area contributed by atoms with E-state index in [1.165, 1.54) is 5.56 Å². The number of anilines is 1. The lowest BCUT2D eigenvalue weighted by Crippen LogP contribution is -2.00. The summed E-state index contributed by atoms with van der Waals surface area (Å²) in [6, 6.07) is 11.9. The molecule has 94 valence electrons. The van der Waals surface area contributed by atoms with Crippen LogP contribution in [0.15, 0.2) is 45.3 Å². The van der Waals surface area contributed by atoms with Gasteiger partial charge in [0, 0.05) is 22.3 Å². The maximum Gasteiger partial charge on any atom is 0.134 e. The van der Waals surface area contributed by atoms with Gasteiger partial charge in [0.2, 0.25) is 0 Å². The molecule has 0 amide bonds. The Morgan fingerprint density at radius 2 is 1.94 bits per heavy atom. The van der Waals surface area contributed by atoms with Crippen LogP contribution in [0.25, 0.3) is 0 Å². The zero-order valence-corrected chi connectivity index (χ0v) is 13.0. The van der Waals surface area contributed by atoms with Crippen molar-refractivity contribution in [2.24, 2.45) is 0 Å². The minimum atomic E-state index is 0.276. The van der Waals surface area contributed by atoms with Crippen LogP contribution in [-0.2, 0) is 6.54 Å². The van der Waals surface area contributed by atoms with Crippen molar-refractivity contribution in [3.63, 3.8) is 0 Å². The Morgan fingerprint density at radius 3 is 2.67 bits per heavy atom. The van der Waals surface area contributed by atoms with Crippen LogP contribution >= 0.6 is 31.9 Å². The van der Waals surface area contributed by atoms with Crippen molar-refractivity contribution in [3.8, 4) is 5.75 Å². The number of hydrogen-bond acceptors (Lipinski definition) is 2. The predicted octanol–water partition coefficient (Wildman–Crippen LogP) is 4.84. The molecule has 2 nitrogen and oxygen atoms in total. The van der Waals surface area contributed by atoms with Crippen LogP contribution < -0.4 is 5.32 Å². The van der Waals surface area contributed by atoms with Crippen molar-refractivity contribution in [1.29, 1.82) is 0 Å². The van der Waals surface area contributed by atoms with Gasteiger partial charge in [0.15, 0.2) is 0 Å². The van der Waals surface area contributed by atoms with Gasteiger partial charge in [-0.1, -0.05) is 28.1 Å². The van der Waals surface area contributed by atoms with Crippen molar-refractivity contribution in [2.75, 3.05) is 5.32 Å². The fraction of sp³-hybridized carbons (Fsp3) is 0.143. The summed E-state index contributed by atoms with van der Waals surface area (Å²) >= 11 is 6.74. The zero-order valence-electron chi connectivity index (χ0n) is 9.87. The molecule has 18 heavy (non-hydrogen) atoms. The minimum absolute atomic E-state index is 0.276. The Labute approximate surface area is 123 Å². The van der Waals surface area contributed by atoms with Crippen LogP contribution in [0.5, 0.6) is 5.75 Å². The average Bonchev–Trinajstić information content (AvgIpc) is 2.32. The third-order valence-corrected chi connectivity index (χ3v) is 3.67. The highest BCUT2D eigenvalue weighted by atomic mass is 79.9. The standard InChI is InChI=1S/C14H13Br2NO/c1-9-3-2-4-12(5-9)17-8-10-6-11(15)7-13(16)14(10)18/h2-7,17-18H,8H2,1H3. The number of phenols is 1. The molecule has 0 radical (unpaired) electrons. The Balaban J connectivity index is 2.15. The van der Waals surface area contributed by atoms with E-state index in [1.807, 2.05) is 24.3 Å². The van der Waals surface area contributed by atoms with Crippen LogP contribution in [0, 0.1) is 6.92 Å². The second-order valence-electron chi connectivity index (χ2n) is 4.12. The molecule has 0 bridgehead atoms. The Kier molecular flexibility index (Phi) is 4.30. The lowest BCUT2D eigenvalue weighted by molar-refractivity contribution is 0.465. The molecule has 0 atom stereocenters. The molecule has 2 aromatic carbocycles. The summed E-state index contributed by atoms with van der Waals surface area (Å²) in [7, 11) is 0. The van der Waals surface area contributed by atoms with Gasteiger partial charge in [0.1, 0.15) is 5.75 Å². The number of phenolic OH excluding ortho intramolecular Hbond substituents is 1. The van der Waals surface area contributed by atoms with Crippen molar-refractivity contribution in [3.05, 3.63) is 56.5 Å². The molecular formula is C14H13Br2NO. The first-order chi connectivity index (χ1) is 8.56. The van der Waals surface area contributed by atoms with Crippen LogP contribution in [-0.4, -0.2) is 5.11 Å². The first-order valence-electron chi connectivity index (χ1n) is 5.53. The fourth-order valence-corrected chi connectivity index (χ4v) is 3.02. The highest BCUT2D eigenvalue weighted by Crippen LogP contribution is 2.32. The Hall–Kier alpha value is -1.00. The second kappa shape index (κ2) is 5.76. The molecule has 0 aromatic heterocycles. The van der Waals surface area contributed by atoms with E-state index in [1.54, 1.807) is 0 Å². The van der Waals surface area contributed by atoms with Crippen molar-refractivity contribution < 1.29 is 5.11 Å². The zero-order chi connectivity index (χ0) is 13.1. The van der Waals surface area contributed by atoms with E-state index in [4.69, 9.17) is 0 Å². The molecule has 4 heteroatoms. The van der Waals surface area contributed by atoms with Gasteiger partial charge in [0.05, 0.1) is 4.47 Å². The maximum atomic E-state index is 9.95. The van der Waals surface area contributed by atoms with Crippen molar-refractivity contribution in [2.45, 2.75) is 13.5 Å². The fourth-order valence-electron chi connectivity index (χ4n) is 1.71. The molecule has 0 fully saturated rings. The minimum Gasteiger partial charge on any atom is -0.506 e. The summed E-state index contributed by atoms with van der Waals surface area (Å²) in [6.45, 7) is 2.63. The lowest BCUT2D eigenvalue weighted by atomic mass is 10.2. The van der Waals surface area contributed by atoms with E-state index in [9.17, 15) is 5.11 Å². The van der Waals surface area contributed by atoms with Gasteiger partial charge in [-0.15, -0.1) is 0 Å². The summed E-state index contributed by atoms with van der Waals surface area (Å²) in [5.74, 6) is 0.276. The molecule has 0 saturated carbocycles. The van der Waals surface area contributed by atoms with Gasteiger partial charge in [0.25, 0.3) is 0 Å². The van der Waals surface area contributed by atoms with Crippen LogP contribution in [0.3, 0.4) is 0 Å². The van der Waals surface area contributed by atoms with Crippen LogP contribution in [0.2, 0.25) is 0 Å². The first kappa shape index (κ1) is 13.4. The van der Waals surface area contributed by atoms with E-state index < -0.39 is 0 Å². The third-order valence-electron chi connectivity index (χ3n) is 2.61. The van der Waals surface area contributed by atoms with E-state index in [-0.39, 0.29) is 5.75 Å². The molecule has 0 aliphatic heterocycles. The molecule has 0 saturated heterocycles. The van der Waals surface area contributed by atoms with Gasteiger partial charge in [-0.2, -0.15) is 0 Å². The molecule has 0 spiro atoms. The van der Waals surface area contributed by atoms with Gasteiger partial charge < -0.3 is 10.4 Å². The molecule has 2 aromatic rings. The highest BCUT2D eigenvalue weighted by Gasteiger charge is 2.07. The van der Waals surface area contributed by atoms with Gasteiger partial charge in [-0.3, -0.25) is 0 Å². The van der Waals surface area contributed by atoms with E-state index in [2.05, 4.69) is 56.2 Å². The predicted molar refractivity (Wildman–Crippen MR) is 82.0 cm³/mol. The van der Waals surface area contributed by atoms with E-state index in [0.29, 0.717) is 11.0 Å².